The molecule has 3 heterocycles. The first-order chi connectivity index (χ1) is 18.1. The number of nitrogens with zero attached hydrogens (tertiary/aromatic N) is 4. The summed E-state index contributed by atoms with van der Waals surface area (Å²) in [5.74, 6) is 0.930. The van der Waals surface area contributed by atoms with E-state index in [1.165, 1.54) is 16.8 Å². The Morgan fingerprint density at radius 3 is 2.68 bits per heavy atom. The number of aryl methyl sites for hydroxylation is 1. The van der Waals surface area contributed by atoms with E-state index in [0.717, 1.165) is 86.8 Å². The van der Waals surface area contributed by atoms with Crippen LogP contribution in [-0.4, -0.2) is 66.4 Å². The molecule has 2 saturated heterocycles. The number of imidazole rings is 1. The lowest BCUT2D eigenvalue weighted by Crippen LogP contribution is -2.44. The van der Waals surface area contributed by atoms with E-state index >= 15 is 0 Å². The fraction of sp³-hybridized carbons (Fsp3) is 0.400. The zero-order chi connectivity index (χ0) is 25.4. The van der Waals surface area contributed by atoms with Crippen molar-refractivity contribution in [3.8, 4) is 11.4 Å². The lowest BCUT2D eigenvalue weighted by atomic mass is 9.98. The Bertz CT molecular complexity index is 1340. The molecule has 3 aliphatic rings. The van der Waals surface area contributed by atoms with E-state index in [1.807, 2.05) is 42.0 Å². The van der Waals surface area contributed by atoms with Gasteiger partial charge in [0.25, 0.3) is 0 Å². The summed E-state index contributed by atoms with van der Waals surface area (Å²) < 4.78 is 13.1. The largest absolute Gasteiger partial charge is 0.495 e. The Kier molecular flexibility index (Phi) is 6.47. The van der Waals surface area contributed by atoms with Crippen molar-refractivity contribution < 1.29 is 14.3 Å². The Morgan fingerprint density at radius 1 is 1.05 bits per heavy atom. The van der Waals surface area contributed by atoms with Crippen LogP contribution in [0.25, 0.3) is 11.8 Å². The average Bonchev–Trinajstić information content (AvgIpc) is 3.56. The van der Waals surface area contributed by atoms with Gasteiger partial charge in [0.1, 0.15) is 5.75 Å². The highest BCUT2D eigenvalue weighted by atomic mass is 16.5. The molecule has 2 fully saturated rings. The molecule has 192 valence electrons. The number of fused-ring (bicyclic) bond motifs is 1. The van der Waals surface area contributed by atoms with Gasteiger partial charge in [0.2, 0.25) is 5.91 Å². The maximum absolute atomic E-state index is 13.6. The highest BCUT2D eigenvalue weighted by Crippen LogP contribution is 2.33. The molecule has 0 N–H and O–H groups in total. The number of aromatic nitrogens is 2. The minimum Gasteiger partial charge on any atom is -0.495 e. The number of morpholine rings is 1. The third-order valence-electron chi connectivity index (χ3n) is 7.83. The molecular formula is C30H34N4O3. The topological polar surface area (TPSA) is 59.8 Å². The van der Waals surface area contributed by atoms with E-state index in [2.05, 4.69) is 33.0 Å². The zero-order valence-corrected chi connectivity index (χ0v) is 21.7. The van der Waals surface area contributed by atoms with Crippen LogP contribution in [0.4, 0.5) is 5.69 Å². The number of carbonyl (C=O) groups excluding carboxylic acids is 1. The molecule has 0 radical (unpaired) electrons. The van der Waals surface area contributed by atoms with Gasteiger partial charge in [-0.2, -0.15) is 0 Å². The van der Waals surface area contributed by atoms with E-state index < -0.39 is 0 Å². The molecule has 1 aromatic heterocycles. The first-order valence-electron chi connectivity index (χ1n) is 13.2. The number of benzene rings is 2. The molecule has 0 saturated carbocycles. The second-order valence-corrected chi connectivity index (χ2v) is 10.2. The van der Waals surface area contributed by atoms with Crippen molar-refractivity contribution in [2.75, 3.05) is 44.9 Å². The normalized spacial score (nSPS) is 21.0. The standard InChI is InChI=1S/C30H34N4O3/c1-21-19-33(20-31-21)28-8-5-22(15-29(28)36-2)14-24-4-3-9-34(30(24)35)27-16-23-6-7-26(17-25(23)18-27)32-10-12-37-13-11-32/h5-8,14-15,17,19-20,27H,3-4,9-13,16,18H2,1-2H3/b24-14+. The number of anilines is 1. The van der Waals surface area contributed by atoms with Gasteiger partial charge in [-0.15, -0.1) is 0 Å². The van der Waals surface area contributed by atoms with E-state index in [9.17, 15) is 4.79 Å². The molecular weight excluding hydrogens is 464 g/mol. The van der Waals surface area contributed by atoms with Crippen molar-refractivity contribution in [2.45, 2.75) is 38.6 Å². The van der Waals surface area contributed by atoms with Crippen LogP contribution in [0.5, 0.6) is 5.75 Å². The van der Waals surface area contributed by atoms with Crippen LogP contribution in [-0.2, 0) is 22.4 Å². The summed E-state index contributed by atoms with van der Waals surface area (Å²) in [5, 5.41) is 0. The molecule has 0 bridgehead atoms. The zero-order valence-electron chi connectivity index (χ0n) is 21.7. The maximum atomic E-state index is 13.6. The van der Waals surface area contributed by atoms with Crippen LogP contribution in [0.15, 0.2) is 54.5 Å². The van der Waals surface area contributed by atoms with E-state index in [4.69, 9.17) is 9.47 Å². The van der Waals surface area contributed by atoms with Crippen molar-refractivity contribution in [1.82, 2.24) is 14.5 Å². The second-order valence-electron chi connectivity index (χ2n) is 10.2. The molecule has 2 aliphatic heterocycles. The van der Waals surface area contributed by atoms with Gasteiger partial charge >= 0.3 is 0 Å². The minimum absolute atomic E-state index is 0.172. The molecule has 1 aliphatic carbocycles. The number of amides is 1. The van der Waals surface area contributed by atoms with Gasteiger partial charge in [-0.25, -0.2) is 4.98 Å². The van der Waals surface area contributed by atoms with Crippen LogP contribution < -0.4 is 9.64 Å². The Labute approximate surface area is 218 Å². The summed E-state index contributed by atoms with van der Waals surface area (Å²) in [4.78, 5) is 22.5. The van der Waals surface area contributed by atoms with Crippen molar-refractivity contribution in [2.24, 2.45) is 0 Å². The van der Waals surface area contributed by atoms with Gasteiger partial charge in [0.15, 0.2) is 0 Å². The fourth-order valence-electron chi connectivity index (χ4n) is 5.89. The SMILES string of the molecule is COc1cc(/C=C2\CCCN(C3Cc4ccc(N5CCOCC5)cc4C3)C2=O)ccc1-n1cnc(C)c1. The third kappa shape index (κ3) is 4.76. The number of rotatable bonds is 5. The summed E-state index contributed by atoms with van der Waals surface area (Å²) in [6.45, 7) is 6.24. The molecule has 3 aromatic rings. The van der Waals surface area contributed by atoms with Gasteiger partial charge in [-0.1, -0.05) is 12.1 Å². The monoisotopic (exact) mass is 498 g/mol. The molecule has 1 unspecified atom stereocenters. The van der Waals surface area contributed by atoms with E-state index in [-0.39, 0.29) is 11.9 Å². The molecule has 2 aromatic carbocycles. The highest BCUT2D eigenvalue weighted by Gasteiger charge is 2.33. The lowest BCUT2D eigenvalue weighted by molar-refractivity contribution is -0.130. The minimum atomic E-state index is 0.172. The molecule has 1 atom stereocenters. The maximum Gasteiger partial charge on any atom is 0.250 e. The molecule has 7 heteroatoms. The molecule has 37 heavy (non-hydrogen) atoms. The Balaban J connectivity index is 1.19. The Morgan fingerprint density at radius 2 is 1.89 bits per heavy atom. The number of hydrogen-bond donors (Lipinski definition) is 0. The predicted octanol–water partition coefficient (Wildman–Crippen LogP) is 4.20. The van der Waals surface area contributed by atoms with Crippen molar-refractivity contribution in [1.29, 1.82) is 0 Å². The highest BCUT2D eigenvalue weighted by molar-refractivity contribution is 5.99. The summed E-state index contributed by atoms with van der Waals surface area (Å²) >= 11 is 0. The summed E-state index contributed by atoms with van der Waals surface area (Å²) in [7, 11) is 1.68. The first kappa shape index (κ1) is 23.8. The molecule has 6 rings (SSSR count). The molecule has 7 nitrogen and oxygen atoms in total. The van der Waals surface area contributed by atoms with Crippen LogP contribution >= 0.6 is 0 Å². The quantitative estimate of drug-likeness (QED) is 0.494. The number of ether oxygens (including phenoxy) is 2. The number of methoxy groups -OCH3 is 1. The smallest absolute Gasteiger partial charge is 0.250 e. The summed E-state index contributed by atoms with van der Waals surface area (Å²) in [5.41, 5.74) is 7.77. The number of piperidine rings is 1. The van der Waals surface area contributed by atoms with Crippen molar-refractivity contribution >= 4 is 17.7 Å². The van der Waals surface area contributed by atoms with E-state index in [1.54, 1.807) is 13.4 Å². The third-order valence-corrected chi connectivity index (χ3v) is 7.83. The van der Waals surface area contributed by atoms with Gasteiger partial charge in [0, 0.05) is 43.1 Å². The van der Waals surface area contributed by atoms with Crippen LogP contribution in [0.2, 0.25) is 0 Å². The number of hydrogen-bond acceptors (Lipinski definition) is 5. The van der Waals surface area contributed by atoms with Crippen LogP contribution in [0, 0.1) is 6.92 Å². The summed E-state index contributed by atoms with van der Waals surface area (Å²) in [6.07, 6.45) is 9.47. The lowest BCUT2D eigenvalue weighted by Gasteiger charge is -2.33. The van der Waals surface area contributed by atoms with Gasteiger partial charge in [-0.05, 0) is 79.6 Å². The molecule has 1 amide bonds. The summed E-state index contributed by atoms with van der Waals surface area (Å²) in [6, 6.07) is 13.1. The number of likely N-dealkylation sites (tertiary alicyclic amines) is 1. The fourth-order valence-corrected chi connectivity index (χ4v) is 5.89. The van der Waals surface area contributed by atoms with Crippen molar-refractivity contribution in [3.05, 3.63) is 76.9 Å². The van der Waals surface area contributed by atoms with Gasteiger partial charge in [0.05, 0.1) is 38.0 Å². The van der Waals surface area contributed by atoms with Gasteiger partial charge in [-0.3, -0.25) is 4.79 Å². The van der Waals surface area contributed by atoms with E-state index in [0.29, 0.717) is 0 Å². The van der Waals surface area contributed by atoms with Crippen molar-refractivity contribution in [3.63, 3.8) is 0 Å². The average molecular weight is 499 g/mol. The van der Waals surface area contributed by atoms with Crippen LogP contribution in [0.1, 0.15) is 35.2 Å². The Hall–Kier alpha value is -3.58. The van der Waals surface area contributed by atoms with Gasteiger partial charge < -0.3 is 23.8 Å². The van der Waals surface area contributed by atoms with Crippen LogP contribution in [0.3, 0.4) is 0 Å². The number of carbonyl (C=O) groups is 1. The predicted molar refractivity (Wildman–Crippen MR) is 144 cm³/mol. The molecule has 0 spiro atoms. The first-order valence-corrected chi connectivity index (χ1v) is 13.2. The second kappa shape index (κ2) is 10.1.